The van der Waals surface area contributed by atoms with Crippen LogP contribution in [0.2, 0.25) is 0 Å². The van der Waals surface area contributed by atoms with Gasteiger partial charge >= 0.3 is 0 Å². The molecule has 1 aromatic carbocycles. The molecule has 0 amide bonds. The average Bonchev–Trinajstić information content (AvgIpc) is 2.26. The molecule has 1 rings (SSSR count). The minimum Gasteiger partial charge on any atom is -0.496 e. The average molecular weight is 257 g/mol. The van der Waals surface area contributed by atoms with E-state index >= 15 is 0 Å². The van der Waals surface area contributed by atoms with Crippen molar-refractivity contribution in [1.29, 1.82) is 0 Å². The van der Waals surface area contributed by atoms with Crippen LogP contribution in [0.3, 0.4) is 0 Å². The number of alkyl halides is 1. The predicted octanol–water partition coefficient (Wildman–Crippen LogP) is 3.83. The molecule has 2 heteroatoms. The second-order valence-electron chi connectivity index (χ2n) is 3.66. The number of hydrogen-bond acceptors (Lipinski definition) is 1. The lowest BCUT2D eigenvalue weighted by Crippen LogP contribution is -2.08. The molecular weight excluding hydrogens is 240 g/mol. The summed E-state index contributed by atoms with van der Waals surface area (Å²) in [6, 6.07) is 8.23. The van der Waals surface area contributed by atoms with Crippen LogP contribution in [0, 0.1) is 5.92 Å². The Balaban J connectivity index is 2.93. The molecular formula is C12H17BrO. The quantitative estimate of drug-likeness (QED) is 0.745. The van der Waals surface area contributed by atoms with E-state index in [1.54, 1.807) is 7.11 Å². The number of ether oxygens (including phenoxy) is 1. The highest BCUT2D eigenvalue weighted by atomic mass is 79.9. The number of benzene rings is 1. The van der Waals surface area contributed by atoms with E-state index in [4.69, 9.17) is 4.74 Å². The maximum atomic E-state index is 5.35. The first-order valence-corrected chi connectivity index (χ1v) is 6.01. The van der Waals surface area contributed by atoms with Crippen molar-refractivity contribution in [2.75, 3.05) is 12.4 Å². The molecule has 0 aliphatic carbocycles. The summed E-state index contributed by atoms with van der Waals surface area (Å²) in [6.45, 7) is 4.48. The highest BCUT2D eigenvalue weighted by molar-refractivity contribution is 9.09. The molecule has 0 aromatic heterocycles. The molecule has 0 spiro atoms. The summed E-state index contributed by atoms with van der Waals surface area (Å²) < 4.78 is 5.35. The lowest BCUT2D eigenvalue weighted by atomic mass is 9.90. The number of hydrogen-bond donors (Lipinski definition) is 0. The molecule has 2 unspecified atom stereocenters. The van der Waals surface area contributed by atoms with Gasteiger partial charge in [-0.05, 0) is 23.5 Å². The fourth-order valence-corrected chi connectivity index (χ4v) is 2.04. The van der Waals surface area contributed by atoms with Gasteiger partial charge in [0.1, 0.15) is 5.75 Å². The Kier molecular flexibility index (Phi) is 4.46. The second-order valence-corrected chi connectivity index (χ2v) is 4.31. The third-order valence-corrected chi connectivity index (χ3v) is 3.75. The van der Waals surface area contributed by atoms with E-state index in [-0.39, 0.29) is 0 Å². The van der Waals surface area contributed by atoms with E-state index in [9.17, 15) is 0 Å². The van der Waals surface area contributed by atoms with Crippen molar-refractivity contribution in [2.24, 2.45) is 5.92 Å². The molecule has 0 aliphatic heterocycles. The van der Waals surface area contributed by atoms with E-state index in [0.29, 0.717) is 11.8 Å². The van der Waals surface area contributed by atoms with E-state index in [1.807, 2.05) is 12.1 Å². The van der Waals surface area contributed by atoms with Gasteiger partial charge in [-0.15, -0.1) is 0 Å². The van der Waals surface area contributed by atoms with Gasteiger partial charge in [-0.2, -0.15) is 0 Å². The van der Waals surface area contributed by atoms with Gasteiger partial charge in [-0.25, -0.2) is 0 Å². The van der Waals surface area contributed by atoms with Crippen molar-refractivity contribution in [3.8, 4) is 5.75 Å². The molecule has 0 saturated carbocycles. The molecule has 0 saturated heterocycles. The largest absolute Gasteiger partial charge is 0.496 e. The van der Waals surface area contributed by atoms with Crippen molar-refractivity contribution in [3.63, 3.8) is 0 Å². The van der Waals surface area contributed by atoms with E-state index in [1.165, 1.54) is 5.56 Å². The summed E-state index contributed by atoms with van der Waals surface area (Å²) in [5.41, 5.74) is 1.29. The summed E-state index contributed by atoms with van der Waals surface area (Å²) in [4.78, 5) is 0. The molecule has 0 bridgehead atoms. The van der Waals surface area contributed by atoms with Gasteiger partial charge in [0.05, 0.1) is 7.11 Å². The maximum Gasteiger partial charge on any atom is 0.122 e. The number of para-hydroxylation sites is 1. The van der Waals surface area contributed by atoms with Gasteiger partial charge in [0.25, 0.3) is 0 Å². The Morgan fingerprint density at radius 1 is 1.29 bits per heavy atom. The first-order valence-electron chi connectivity index (χ1n) is 4.89. The van der Waals surface area contributed by atoms with Gasteiger partial charge in [0.15, 0.2) is 0 Å². The molecule has 1 nitrogen and oxygen atoms in total. The minimum atomic E-state index is 0.519. The Bertz CT molecular complexity index is 285. The van der Waals surface area contributed by atoms with Crippen LogP contribution in [0.25, 0.3) is 0 Å². The van der Waals surface area contributed by atoms with Crippen LogP contribution < -0.4 is 4.74 Å². The van der Waals surface area contributed by atoms with Crippen LogP contribution in [-0.2, 0) is 0 Å². The first kappa shape index (κ1) is 11.6. The van der Waals surface area contributed by atoms with Crippen molar-refractivity contribution >= 4 is 15.9 Å². The fraction of sp³-hybridized carbons (Fsp3) is 0.500. The lowest BCUT2D eigenvalue weighted by molar-refractivity contribution is 0.399. The van der Waals surface area contributed by atoms with Crippen molar-refractivity contribution in [1.82, 2.24) is 0 Å². The first-order chi connectivity index (χ1) is 6.70. The van der Waals surface area contributed by atoms with E-state index in [2.05, 4.69) is 41.9 Å². The van der Waals surface area contributed by atoms with Gasteiger partial charge in [-0.1, -0.05) is 48.0 Å². The molecule has 0 fully saturated rings. The van der Waals surface area contributed by atoms with Crippen LogP contribution in [-0.4, -0.2) is 12.4 Å². The summed E-state index contributed by atoms with van der Waals surface area (Å²) in [6.07, 6.45) is 0. The fourth-order valence-electron chi connectivity index (χ4n) is 1.48. The third-order valence-electron chi connectivity index (χ3n) is 2.73. The molecule has 0 heterocycles. The Morgan fingerprint density at radius 3 is 2.50 bits per heavy atom. The number of rotatable bonds is 4. The summed E-state index contributed by atoms with van der Waals surface area (Å²) in [5, 5.41) is 1.02. The molecule has 14 heavy (non-hydrogen) atoms. The Labute approximate surface area is 94.6 Å². The van der Waals surface area contributed by atoms with Crippen molar-refractivity contribution in [3.05, 3.63) is 29.8 Å². The maximum absolute atomic E-state index is 5.35. The molecule has 0 aliphatic rings. The zero-order valence-corrected chi connectivity index (χ0v) is 10.5. The SMILES string of the molecule is COc1ccccc1C(C)C(C)CBr. The molecule has 0 radical (unpaired) electrons. The van der Waals surface area contributed by atoms with E-state index in [0.717, 1.165) is 11.1 Å². The van der Waals surface area contributed by atoms with Gasteiger partial charge in [0, 0.05) is 5.33 Å². The van der Waals surface area contributed by atoms with Crippen LogP contribution in [0.15, 0.2) is 24.3 Å². The monoisotopic (exact) mass is 256 g/mol. The highest BCUT2D eigenvalue weighted by Crippen LogP contribution is 2.31. The van der Waals surface area contributed by atoms with Gasteiger partial charge < -0.3 is 4.74 Å². The summed E-state index contributed by atoms with van der Waals surface area (Å²) >= 11 is 3.52. The summed E-state index contributed by atoms with van der Waals surface area (Å²) in [5.74, 6) is 2.13. The smallest absolute Gasteiger partial charge is 0.122 e. The molecule has 0 N–H and O–H groups in total. The Morgan fingerprint density at radius 2 is 1.93 bits per heavy atom. The standard InChI is InChI=1S/C12H17BrO/c1-9(8-13)10(2)11-6-4-5-7-12(11)14-3/h4-7,9-10H,8H2,1-3H3. The number of halogens is 1. The molecule has 2 atom stereocenters. The van der Waals surface area contributed by atoms with Crippen LogP contribution in [0.1, 0.15) is 25.3 Å². The number of methoxy groups -OCH3 is 1. The molecule has 1 aromatic rings. The normalized spacial score (nSPS) is 14.9. The van der Waals surface area contributed by atoms with Gasteiger partial charge in [-0.3, -0.25) is 0 Å². The zero-order valence-electron chi connectivity index (χ0n) is 8.96. The predicted molar refractivity (Wildman–Crippen MR) is 64.4 cm³/mol. The van der Waals surface area contributed by atoms with Gasteiger partial charge in [0.2, 0.25) is 0 Å². The highest BCUT2D eigenvalue weighted by Gasteiger charge is 2.16. The van der Waals surface area contributed by atoms with Crippen LogP contribution in [0.5, 0.6) is 5.75 Å². The van der Waals surface area contributed by atoms with Crippen molar-refractivity contribution < 1.29 is 4.74 Å². The lowest BCUT2D eigenvalue weighted by Gasteiger charge is -2.20. The van der Waals surface area contributed by atoms with Crippen LogP contribution in [0.4, 0.5) is 0 Å². The zero-order chi connectivity index (χ0) is 10.6. The summed E-state index contributed by atoms with van der Waals surface area (Å²) in [7, 11) is 1.73. The minimum absolute atomic E-state index is 0.519. The van der Waals surface area contributed by atoms with E-state index < -0.39 is 0 Å². The third kappa shape index (κ3) is 2.50. The van der Waals surface area contributed by atoms with Crippen LogP contribution >= 0.6 is 15.9 Å². The topological polar surface area (TPSA) is 9.23 Å². The Hall–Kier alpha value is -0.500. The van der Waals surface area contributed by atoms with Crippen molar-refractivity contribution in [2.45, 2.75) is 19.8 Å². The molecule has 78 valence electrons. The second kappa shape index (κ2) is 5.40.